The van der Waals surface area contributed by atoms with Crippen LogP contribution in [0.25, 0.3) is 0 Å². The predicted octanol–water partition coefficient (Wildman–Crippen LogP) is 0.580. The fourth-order valence-corrected chi connectivity index (χ4v) is 1.19. The van der Waals surface area contributed by atoms with Gasteiger partial charge in [0.15, 0.2) is 0 Å². The summed E-state index contributed by atoms with van der Waals surface area (Å²) in [6.07, 6.45) is 1.36. The van der Waals surface area contributed by atoms with E-state index in [1.165, 1.54) is 10.9 Å². The SMILES string of the molecule is Cn1nncc1C(C=O)NC(=O)OC(C)(C)C. The molecule has 0 saturated carbocycles. The summed E-state index contributed by atoms with van der Waals surface area (Å²) in [5, 5.41) is 9.75. The first kappa shape index (κ1) is 13.1. The Balaban J connectivity index is 2.69. The van der Waals surface area contributed by atoms with Crippen molar-refractivity contribution < 1.29 is 14.3 Å². The van der Waals surface area contributed by atoms with Crippen molar-refractivity contribution in [1.82, 2.24) is 20.3 Å². The predicted molar refractivity (Wildman–Crippen MR) is 59.2 cm³/mol. The maximum Gasteiger partial charge on any atom is 0.408 e. The van der Waals surface area contributed by atoms with Crippen LogP contribution in [-0.2, 0) is 16.6 Å². The van der Waals surface area contributed by atoms with Gasteiger partial charge in [-0.25, -0.2) is 9.48 Å². The van der Waals surface area contributed by atoms with Crippen molar-refractivity contribution in [3.05, 3.63) is 11.9 Å². The molecule has 1 aromatic rings. The number of carbonyl (C=O) groups is 2. The normalized spacial score (nSPS) is 12.9. The van der Waals surface area contributed by atoms with E-state index in [0.29, 0.717) is 12.0 Å². The van der Waals surface area contributed by atoms with Gasteiger partial charge in [-0.3, -0.25) is 0 Å². The molecule has 0 spiro atoms. The number of aldehydes is 1. The summed E-state index contributed by atoms with van der Waals surface area (Å²) < 4.78 is 6.46. The number of carbonyl (C=O) groups excluding carboxylic acids is 2. The quantitative estimate of drug-likeness (QED) is 0.781. The van der Waals surface area contributed by atoms with Crippen molar-refractivity contribution in [3.63, 3.8) is 0 Å². The van der Waals surface area contributed by atoms with Gasteiger partial charge in [0.1, 0.15) is 17.9 Å². The second-order valence-electron chi connectivity index (χ2n) is 4.54. The summed E-state index contributed by atoms with van der Waals surface area (Å²) >= 11 is 0. The van der Waals surface area contributed by atoms with Crippen LogP contribution in [0, 0.1) is 0 Å². The molecular formula is C10H16N4O3. The molecule has 17 heavy (non-hydrogen) atoms. The van der Waals surface area contributed by atoms with Crippen LogP contribution in [0.3, 0.4) is 0 Å². The van der Waals surface area contributed by atoms with Crippen molar-refractivity contribution in [2.24, 2.45) is 7.05 Å². The molecule has 0 bridgehead atoms. The second kappa shape index (κ2) is 4.94. The molecule has 0 aliphatic carbocycles. The number of rotatable bonds is 3. The molecule has 1 aromatic heterocycles. The zero-order chi connectivity index (χ0) is 13.1. The Morgan fingerprint density at radius 1 is 1.59 bits per heavy atom. The lowest BCUT2D eigenvalue weighted by molar-refractivity contribution is -0.109. The lowest BCUT2D eigenvalue weighted by atomic mass is 10.2. The molecule has 0 aliphatic rings. The summed E-state index contributed by atoms with van der Waals surface area (Å²) in [6, 6.07) is -0.815. The van der Waals surface area contributed by atoms with E-state index in [1.807, 2.05) is 0 Å². The average Bonchev–Trinajstić information content (AvgIpc) is 2.58. The van der Waals surface area contributed by atoms with E-state index < -0.39 is 17.7 Å². The van der Waals surface area contributed by atoms with Gasteiger partial charge in [-0.15, -0.1) is 5.10 Å². The first-order valence-electron chi connectivity index (χ1n) is 5.13. The highest BCUT2D eigenvalue weighted by Crippen LogP contribution is 2.11. The zero-order valence-electron chi connectivity index (χ0n) is 10.3. The summed E-state index contributed by atoms with van der Waals surface area (Å²) in [6.45, 7) is 5.23. The van der Waals surface area contributed by atoms with E-state index >= 15 is 0 Å². The van der Waals surface area contributed by atoms with Crippen molar-refractivity contribution in [2.45, 2.75) is 32.4 Å². The molecular weight excluding hydrogens is 224 g/mol. The molecule has 1 amide bonds. The standard InChI is InChI=1S/C10H16N4O3/c1-10(2,3)17-9(16)12-7(6-15)8-5-11-13-14(8)4/h5-7H,1-4H3,(H,12,16). The first-order valence-corrected chi connectivity index (χ1v) is 5.13. The number of alkyl carbamates (subject to hydrolysis) is 1. The fraction of sp³-hybridized carbons (Fsp3) is 0.600. The number of hydrogen-bond acceptors (Lipinski definition) is 5. The molecule has 0 saturated heterocycles. The Labute approximate surface area is 99.1 Å². The van der Waals surface area contributed by atoms with E-state index in [1.54, 1.807) is 27.8 Å². The number of nitrogens with one attached hydrogen (secondary N) is 1. The second-order valence-corrected chi connectivity index (χ2v) is 4.54. The Morgan fingerprint density at radius 3 is 2.65 bits per heavy atom. The Morgan fingerprint density at radius 2 is 2.24 bits per heavy atom. The number of hydrogen-bond donors (Lipinski definition) is 1. The number of ether oxygens (including phenoxy) is 1. The molecule has 94 valence electrons. The molecule has 1 atom stereocenters. The third-order valence-electron chi connectivity index (χ3n) is 1.88. The van der Waals surface area contributed by atoms with E-state index in [9.17, 15) is 9.59 Å². The third kappa shape index (κ3) is 3.86. The van der Waals surface area contributed by atoms with Crippen LogP contribution >= 0.6 is 0 Å². The van der Waals surface area contributed by atoms with Gasteiger partial charge >= 0.3 is 6.09 Å². The van der Waals surface area contributed by atoms with E-state index in [-0.39, 0.29) is 0 Å². The van der Waals surface area contributed by atoms with Crippen LogP contribution in [0.4, 0.5) is 4.79 Å². The highest BCUT2D eigenvalue weighted by atomic mass is 16.6. The van der Waals surface area contributed by atoms with Gasteiger partial charge in [0.2, 0.25) is 0 Å². The van der Waals surface area contributed by atoms with Crippen LogP contribution < -0.4 is 5.32 Å². The van der Waals surface area contributed by atoms with E-state index in [0.717, 1.165) is 0 Å². The van der Waals surface area contributed by atoms with Crippen molar-refractivity contribution in [1.29, 1.82) is 0 Å². The van der Waals surface area contributed by atoms with Gasteiger partial charge in [0.05, 0.1) is 11.9 Å². The summed E-state index contributed by atoms with van der Waals surface area (Å²) in [7, 11) is 1.63. The minimum atomic E-state index is -0.815. The molecule has 0 aliphatic heterocycles. The largest absolute Gasteiger partial charge is 0.444 e. The molecule has 1 unspecified atom stereocenters. The van der Waals surface area contributed by atoms with Gasteiger partial charge in [-0.2, -0.15) is 0 Å². The maximum absolute atomic E-state index is 11.5. The van der Waals surface area contributed by atoms with Crippen molar-refractivity contribution in [2.75, 3.05) is 0 Å². The Hall–Kier alpha value is -1.92. The van der Waals surface area contributed by atoms with Crippen LogP contribution in [0.5, 0.6) is 0 Å². The molecule has 7 heteroatoms. The van der Waals surface area contributed by atoms with Gasteiger partial charge < -0.3 is 14.8 Å². The minimum Gasteiger partial charge on any atom is -0.444 e. The number of aryl methyl sites for hydroxylation is 1. The number of amides is 1. The Kier molecular flexibility index (Phi) is 3.82. The van der Waals surface area contributed by atoms with Crippen LogP contribution in [0.15, 0.2) is 6.20 Å². The van der Waals surface area contributed by atoms with E-state index in [4.69, 9.17) is 4.74 Å². The van der Waals surface area contributed by atoms with Gasteiger partial charge in [-0.05, 0) is 20.8 Å². The molecule has 1 rings (SSSR count). The lowest BCUT2D eigenvalue weighted by Crippen LogP contribution is -2.36. The zero-order valence-corrected chi connectivity index (χ0v) is 10.3. The lowest BCUT2D eigenvalue weighted by Gasteiger charge is -2.21. The third-order valence-corrected chi connectivity index (χ3v) is 1.88. The maximum atomic E-state index is 11.5. The molecule has 0 aromatic carbocycles. The fourth-order valence-electron chi connectivity index (χ4n) is 1.19. The first-order chi connectivity index (χ1) is 7.83. The highest BCUT2D eigenvalue weighted by Gasteiger charge is 2.22. The summed E-state index contributed by atoms with van der Waals surface area (Å²) in [5.41, 5.74) is -0.117. The van der Waals surface area contributed by atoms with Gasteiger partial charge in [0.25, 0.3) is 0 Å². The molecule has 0 fully saturated rings. The van der Waals surface area contributed by atoms with E-state index in [2.05, 4.69) is 15.6 Å². The highest BCUT2D eigenvalue weighted by molar-refractivity contribution is 5.74. The molecule has 0 radical (unpaired) electrons. The average molecular weight is 240 g/mol. The smallest absolute Gasteiger partial charge is 0.408 e. The Bertz CT molecular complexity index is 408. The summed E-state index contributed by atoms with van der Waals surface area (Å²) in [5.74, 6) is 0. The molecule has 7 nitrogen and oxygen atoms in total. The van der Waals surface area contributed by atoms with Crippen molar-refractivity contribution >= 4 is 12.4 Å². The van der Waals surface area contributed by atoms with Gasteiger partial charge in [0, 0.05) is 7.05 Å². The van der Waals surface area contributed by atoms with Crippen molar-refractivity contribution in [3.8, 4) is 0 Å². The molecule has 1 N–H and O–H groups in total. The monoisotopic (exact) mass is 240 g/mol. The number of aromatic nitrogens is 3. The topological polar surface area (TPSA) is 86.1 Å². The van der Waals surface area contributed by atoms with Crippen LogP contribution in [0.1, 0.15) is 32.5 Å². The number of nitrogens with zero attached hydrogens (tertiary/aromatic N) is 3. The minimum absolute atomic E-state index is 0.492. The van der Waals surface area contributed by atoms with Crippen LogP contribution in [0.2, 0.25) is 0 Å². The summed E-state index contributed by atoms with van der Waals surface area (Å²) in [4.78, 5) is 22.4. The van der Waals surface area contributed by atoms with Crippen LogP contribution in [-0.4, -0.2) is 33.0 Å². The van der Waals surface area contributed by atoms with Gasteiger partial charge in [-0.1, -0.05) is 5.21 Å². The molecule has 1 heterocycles.